The summed E-state index contributed by atoms with van der Waals surface area (Å²) < 4.78 is 30.2. The summed E-state index contributed by atoms with van der Waals surface area (Å²) in [5, 5.41) is 2.99. The number of amides is 1. The summed E-state index contributed by atoms with van der Waals surface area (Å²) in [6.45, 7) is 6.52. The van der Waals surface area contributed by atoms with Crippen molar-refractivity contribution in [3.05, 3.63) is 122 Å². The topological polar surface area (TPSA) is 114 Å². The summed E-state index contributed by atoms with van der Waals surface area (Å²) in [4.78, 5) is 39.8. The minimum Gasteiger partial charge on any atom is -0.756 e. The first-order valence-electron chi connectivity index (χ1n) is 28.9. The van der Waals surface area contributed by atoms with E-state index in [9.17, 15) is 19.0 Å². The Balaban J connectivity index is 5.32. The van der Waals surface area contributed by atoms with Gasteiger partial charge in [-0.3, -0.25) is 14.2 Å². The highest BCUT2D eigenvalue weighted by Crippen LogP contribution is 2.38. The Bertz CT molecular complexity index is 1660. The van der Waals surface area contributed by atoms with Crippen LogP contribution in [0.2, 0.25) is 0 Å². The molecule has 0 heterocycles. The Morgan fingerprint density at radius 3 is 1.47 bits per heavy atom. The SMILES string of the molecule is CC/C=C\C/C=C\C/C=C\C/C=C\C/C=C\C/C=C\CCCCCCC(=O)OC(/C=C\CCCCCCCCCCC)C(COP(=O)([O-])OCC[N+](C)(C)C)NC(=O)CCCCCCC\C=C/C=C/C=C/CC. The van der Waals surface area contributed by atoms with Gasteiger partial charge in [-0.15, -0.1) is 0 Å². The molecule has 3 unspecified atom stereocenters. The summed E-state index contributed by atoms with van der Waals surface area (Å²) in [5.41, 5.74) is 0. The molecule has 0 bridgehead atoms. The molecule has 0 aliphatic heterocycles. The molecule has 0 aromatic rings. The van der Waals surface area contributed by atoms with E-state index in [1.54, 1.807) is 0 Å². The maximum absolute atomic E-state index is 13.4. The predicted octanol–water partition coefficient (Wildman–Crippen LogP) is 16.9. The number of hydrogen-bond donors (Lipinski definition) is 1. The monoisotopic (exact) mass is 1030 g/mol. The summed E-state index contributed by atoms with van der Waals surface area (Å²) in [5.74, 6) is -0.606. The number of phosphoric acid groups is 1. The van der Waals surface area contributed by atoms with E-state index in [0.29, 0.717) is 23.9 Å². The van der Waals surface area contributed by atoms with E-state index in [-0.39, 0.29) is 31.3 Å². The zero-order valence-electron chi connectivity index (χ0n) is 47.3. The molecular weight excluding hydrogens is 928 g/mol. The minimum absolute atomic E-state index is 0.0380. The van der Waals surface area contributed by atoms with E-state index in [1.165, 1.54) is 44.9 Å². The van der Waals surface area contributed by atoms with E-state index in [2.05, 4.69) is 129 Å². The number of hydrogen-bond acceptors (Lipinski definition) is 7. The van der Waals surface area contributed by atoms with Crippen LogP contribution in [0.1, 0.15) is 213 Å². The van der Waals surface area contributed by atoms with Gasteiger partial charge in [-0.05, 0) is 102 Å². The number of ether oxygens (including phenoxy) is 1. The van der Waals surface area contributed by atoms with Gasteiger partial charge in [0.25, 0.3) is 7.82 Å². The Labute approximate surface area is 448 Å². The number of nitrogens with one attached hydrogen (secondary N) is 1. The van der Waals surface area contributed by atoms with Crippen molar-refractivity contribution in [3.63, 3.8) is 0 Å². The minimum atomic E-state index is -4.71. The Kier molecular flexibility index (Phi) is 49.3. The summed E-state index contributed by atoms with van der Waals surface area (Å²) in [7, 11) is 1.13. The van der Waals surface area contributed by atoms with Crippen LogP contribution < -0.4 is 10.2 Å². The first kappa shape index (κ1) is 69.4. The second-order valence-electron chi connectivity index (χ2n) is 20.1. The molecule has 0 rings (SSSR count). The van der Waals surface area contributed by atoms with Crippen molar-refractivity contribution in [3.8, 4) is 0 Å². The summed E-state index contributed by atoms with van der Waals surface area (Å²) >= 11 is 0. The number of phosphoric ester groups is 1. The fourth-order valence-corrected chi connectivity index (χ4v) is 8.25. The molecule has 0 aliphatic rings. The van der Waals surface area contributed by atoms with Crippen molar-refractivity contribution in [1.29, 1.82) is 0 Å². The molecule has 0 aliphatic carbocycles. The highest BCUT2D eigenvalue weighted by Gasteiger charge is 2.27. The number of nitrogens with zero attached hydrogens (tertiary/aromatic N) is 1. The van der Waals surface area contributed by atoms with Gasteiger partial charge >= 0.3 is 5.97 Å². The molecular formula is C63H107N2O7P. The molecule has 0 spiro atoms. The van der Waals surface area contributed by atoms with Gasteiger partial charge in [0.05, 0.1) is 33.8 Å². The average molecular weight is 1040 g/mol. The number of allylic oxidation sites excluding steroid dienone is 19. The van der Waals surface area contributed by atoms with Gasteiger partial charge in [0, 0.05) is 12.8 Å². The summed E-state index contributed by atoms with van der Waals surface area (Å²) in [6.07, 6.45) is 71.7. The maximum Gasteiger partial charge on any atom is 0.306 e. The first-order chi connectivity index (χ1) is 35.4. The molecule has 0 saturated heterocycles. The first-order valence-corrected chi connectivity index (χ1v) is 30.3. The van der Waals surface area contributed by atoms with Crippen molar-refractivity contribution in [2.45, 2.75) is 226 Å². The molecule has 0 fully saturated rings. The molecule has 0 aromatic heterocycles. The van der Waals surface area contributed by atoms with Gasteiger partial charge in [0.1, 0.15) is 19.3 Å². The Hall–Kier alpha value is -3.59. The number of carbonyl (C=O) groups is 2. The van der Waals surface area contributed by atoms with Crippen molar-refractivity contribution < 1.29 is 37.3 Å². The van der Waals surface area contributed by atoms with Crippen molar-refractivity contribution in [2.75, 3.05) is 40.9 Å². The molecule has 10 heteroatoms. The van der Waals surface area contributed by atoms with Crippen LogP contribution in [0.3, 0.4) is 0 Å². The highest BCUT2D eigenvalue weighted by molar-refractivity contribution is 7.45. The largest absolute Gasteiger partial charge is 0.756 e. The Morgan fingerprint density at radius 2 is 0.945 bits per heavy atom. The van der Waals surface area contributed by atoms with E-state index in [0.717, 1.165) is 122 Å². The van der Waals surface area contributed by atoms with Gasteiger partial charge in [0.2, 0.25) is 5.91 Å². The Morgan fingerprint density at radius 1 is 0.507 bits per heavy atom. The number of carbonyl (C=O) groups excluding carboxylic acids is 2. The number of unbranched alkanes of at least 4 members (excludes halogenated alkanes) is 18. The quantitative estimate of drug-likeness (QED) is 0.0161. The molecule has 0 radical (unpaired) electrons. The third-order valence-electron chi connectivity index (χ3n) is 11.9. The van der Waals surface area contributed by atoms with E-state index in [1.807, 2.05) is 39.4 Å². The predicted molar refractivity (Wildman–Crippen MR) is 311 cm³/mol. The van der Waals surface area contributed by atoms with Crippen LogP contribution in [-0.4, -0.2) is 69.4 Å². The lowest BCUT2D eigenvalue weighted by molar-refractivity contribution is -0.870. The summed E-state index contributed by atoms with van der Waals surface area (Å²) in [6, 6.07) is -0.917. The number of rotatable bonds is 50. The third kappa shape index (κ3) is 53.1. The van der Waals surface area contributed by atoms with Gasteiger partial charge < -0.3 is 28.5 Å². The van der Waals surface area contributed by atoms with E-state index in [4.69, 9.17) is 13.8 Å². The molecule has 1 amide bonds. The number of quaternary nitrogens is 1. The molecule has 0 saturated carbocycles. The average Bonchev–Trinajstić information content (AvgIpc) is 3.35. The second kappa shape index (κ2) is 51.9. The second-order valence-corrected chi connectivity index (χ2v) is 21.5. The highest BCUT2D eigenvalue weighted by atomic mass is 31.2. The van der Waals surface area contributed by atoms with Gasteiger partial charge in [-0.2, -0.15) is 0 Å². The molecule has 73 heavy (non-hydrogen) atoms. The van der Waals surface area contributed by atoms with Crippen molar-refractivity contribution in [1.82, 2.24) is 5.32 Å². The van der Waals surface area contributed by atoms with Gasteiger partial charge in [-0.25, -0.2) is 0 Å². The van der Waals surface area contributed by atoms with Gasteiger partial charge in [0.15, 0.2) is 0 Å². The van der Waals surface area contributed by atoms with Gasteiger partial charge in [-0.1, -0.05) is 220 Å². The van der Waals surface area contributed by atoms with Crippen molar-refractivity contribution in [2.24, 2.45) is 0 Å². The fourth-order valence-electron chi connectivity index (χ4n) is 7.52. The van der Waals surface area contributed by atoms with Crippen LogP contribution in [0.15, 0.2) is 122 Å². The smallest absolute Gasteiger partial charge is 0.306 e. The molecule has 0 aromatic carbocycles. The number of likely N-dealkylation sites (N-methyl/N-ethyl adjacent to an activating group) is 1. The maximum atomic E-state index is 13.4. The molecule has 3 atom stereocenters. The van der Waals surface area contributed by atoms with Crippen LogP contribution in [-0.2, 0) is 27.9 Å². The van der Waals surface area contributed by atoms with Crippen LogP contribution in [0.5, 0.6) is 0 Å². The fraction of sp³-hybridized carbons (Fsp3) is 0.651. The van der Waals surface area contributed by atoms with Crippen LogP contribution >= 0.6 is 7.82 Å². The lowest BCUT2D eigenvalue weighted by atomic mass is 10.1. The lowest BCUT2D eigenvalue weighted by Crippen LogP contribution is -2.47. The molecule has 9 nitrogen and oxygen atoms in total. The third-order valence-corrected chi connectivity index (χ3v) is 12.9. The van der Waals surface area contributed by atoms with E-state index >= 15 is 0 Å². The number of esters is 1. The zero-order chi connectivity index (χ0) is 53.6. The standard InChI is InChI=1S/C63H107N2O7P/c1-7-10-13-16-19-22-25-27-28-29-30-31-32-33-34-35-36-38-41-44-47-50-53-56-63(67)72-61(54-51-48-45-42-39-24-21-18-15-12-9-3)60(59-71-73(68,69)70-58-57-65(4,5)6)64-62(66)55-52-49-46-43-40-37-26-23-20-17-14-11-8-2/h10-11,13-14,17,19-20,22-23,26-28,30-31,33-34,36,38,51,54,60-61H,7-9,12,15-16,18,21,24-25,29,32,35,37,39-50,52-53,55-59H2,1-6H3,(H-,64,66,68,69)/b13-10-,14-11+,20-17+,22-19-,26-23-,28-27-,31-30-,34-33-,38-36-,54-51-. The normalized spacial score (nSPS) is 14.7. The van der Waals surface area contributed by atoms with E-state index < -0.39 is 26.6 Å². The zero-order valence-corrected chi connectivity index (χ0v) is 48.2. The van der Waals surface area contributed by atoms with Crippen molar-refractivity contribution >= 4 is 19.7 Å². The van der Waals surface area contributed by atoms with Crippen LogP contribution in [0, 0.1) is 0 Å². The molecule has 416 valence electrons. The molecule has 1 N–H and O–H groups in total. The van der Waals surface area contributed by atoms with Crippen LogP contribution in [0.4, 0.5) is 0 Å². The van der Waals surface area contributed by atoms with Crippen LogP contribution in [0.25, 0.3) is 0 Å². The lowest BCUT2D eigenvalue weighted by Gasteiger charge is -2.30.